The van der Waals surface area contributed by atoms with Crippen LogP contribution >= 0.6 is 11.6 Å². The van der Waals surface area contributed by atoms with Crippen LogP contribution in [0.2, 0.25) is 5.02 Å². The number of carbonyl (C=O) groups is 1. The number of rotatable bonds is 2. The van der Waals surface area contributed by atoms with Crippen LogP contribution in [0.3, 0.4) is 0 Å². The topological polar surface area (TPSA) is 46.5 Å². The summed E-state index contributed by atoms with van der Waals surface area (Å²) in [6.07, 6.45) is 2.59. The molecule has 0 spiro atoms. The molecule has 84 valence electrons. The van der Waals surface area contributed by atoms with Crippen LogP contribution in [0.15, 0.2) is 36.6 Å². The lowest BCUT2D eigenvalue weighted by molar-refractivity contribution is -0.144. The molecule has 0 saturated heterocycles. The Kier molecular flexibility index (Phi) is 2.64. The number of ether oxygens (including phenoxy) is 1. The van der Waals surface area contributed by atoms with Crippen molar-refractivity contribution in [1.82, 2.24) is 0 Å². The van der Waals surface area contributed by atoms with E-state index in [1.165, 1.54) is 6.26 Å². The first kappa shape index (κ1) is 11.0. The van der Waals surface area contributed by atoms with Crippen molar-refractivity contribution in [3.63, 3.8) is 0 Å². The lowest BCUT2D eigenvalue weighted by atomic mass is 9.77. The largest absolute Gasteiger partial charge is 0.497 e. The van der Waals surface area contributed by atoms with Crippen LogP contribution in [0, 0.1) is 0 Å². The Labute approximate surface area is 98.3 Å². The fourth-order valence-corrected chi connectivity index (χ4v) is 2.06. The second-order valence-electron chi connectivity index (χ2n) is 3.76. The summed E-state index contributed by atoms with van der Waals surface area (Å²) in [4.78, 5) is 11.5. The van der Waals surface area contributed by atoms with Gasteiger partial charge in [-0.2, -0.15) is 0 Å². The summed E-state index contributed by atoms with van der Waals surface area (Å²) >= 11 is 5.78. The first-order valence-electron chi connectivity index (χ1n) is 4.90. The summed E-state index contributed by atoms with van der Waals surface area (Å²) in [6, 6.07) is 6.79. The van der Waals surface area contributed by atoms with Crippen molar-refractivity contribution in [2.45, 2.75) is 18.4 Å². The molecule has 3 nitrogen and oxygen atoms in total. The Morgan fingerprint density at radius 2 is 2.06 bits per heavy atom. The maximum Gasteiger partial charge on any atom is 0.321 e. The Hall–Kier alpha value is -1.48. The van der Waals surface area contributed by atoms with E-state index in [0.29, 0.717) is 10.6 Å². The van der Waals surface area contributed by atoms with Gasteiger partial charge in [0.2, 0.25) is 0 Å². The summed E-state index contributed by atoms with van der Waals surface area (Å²) in [6.45, 7) is 1.74. The third kappa shape index (κ3) is 1.48. The van der Waals surface area contributed by atoms with Crippen molar-refractivity contribution < 1.29 is 14.6 Å². The van der Waals surface area contributed by atoms with E-state index in [9.17, 15) is 9.90 Å². The highest BCUT2D eigenvalue weighted by Gasteiger charge is 2.47. The number of carboxylic acid groups (broad SMARTS) is 1. The summed E-state index contributed by atoms with van der Waals surface area (Å²) < 4.78 is 5.22. The first-order valence-corrected chi connectivity index (χ1v) is 5.28. The smallest absolute Gasteiger partial charge is 0.321 e. The maximum absolute atomic E-state index is 11.5. The highest BCUT2D eigenvalue weighted by molar-refractivity contribution is 6.30. The molecule has 0 amide bonds. The van der Waals surface area contributed by atoms with E-state index in [1.54, 1.807) is 37.3 Å². The number of hydrogen-bond acceptors (Lipinski definition) is 2. The summed E-state index contributed by atoms with van der Waals surface area (Å²) in [5, 5.41) is 9.98. The number of hydrogen-bond donors (Lipinski definition) is 1. The van der Waals surface area contributed by atoms with Gasteiger partial charge in [0.05, 0.1) is 6.26 Å². The zero-order valence-electron chi connectivity index (χ0n) is 8.68. The first-order chi connectivity index (χ1) is 7.57. The fraction of sp³-hybridized carbons (Fsp3) is 0.250. The molecule has 0 fully saturated rings. The molecular weight excluding hydrogens is 228 g/mol. The molecule has 1 aliphatic heterocycles. The van der Waals surface area contributed by atoms with Crippen molar-refractivity contribution in [3.05, 3.63) is 47.2 Å². The minimum Gasteiger partial charge on any atom is -0.497 e. The normalized spacial score (nSPS) is 27.8. The van der Waals surface area contributed by atoms with Crippen molar-refractivity contribution in [2.24, 2.45) is 0 Å². The van der Waals surface area contributed by atoms with Gasteiger partial charge in [0.1, 0.15) is 6.10 Å². The molecule has 2 rings (SSSR count). The van der Waals surface area contributed by atoms with Crippen molar-refractivity contribution >= 4 is 17.6 Å². The highest BCUT2D eigenvalue weighted by atomic mass is 35.5. The molecular formula is C12H11ClO3. The second-order valence-corrected chi connectivity index (χ2v) is 4.20. The SMILES string of the molecule is CC1OC=CC1(C(=O)O)c1ccc(Cl)cc1. The molecule has 2 unspecified atom stereocenters. The molecule has 0 aliphatic carbocycles. The zero-order valence-corrected chi connectivity index (χ0v) is 9.44. The lowest BCUT2D eigenvalue weighted by Gasteiger charge is -2.26. The quantitative estimate of drug-likeness (QED) is 0.862. The van der Waals surface area contributed by atoms with Crippen LogP contribution < -0.4 is 0 Å². The summed E-state index contributed by atoms with van der Waals surface area (Å²) in [5.41, 5.74) is -0.435. The standard InChI is InChI=1S/C12H11ClO3/c1-8-12(11(14)15,6-7-16-8)9-2-4-10(13)5-3-9/h2-8H,1H3,(H,14,15). The van der Waals surface area contributed by atoms with Gasteiger partial charge in [-0.15, -0.1) is 0 Å². The number of aliphatic carboxylic acids is 1. The average Bonchev–Trinajstić information content (AvgIpc) is 2.62. The average molecular weight is 239 g/mol. The van der Waals surface area contributed by atoms with Crippen molar-refractivity contribution in [1.29, 1.82) is 0 Å². The fourth-order valence-electron chi connectivity index (χ4n) is 1.93. The predicted octanol–water partition coefficient (Wildman–Crippen LogP) is 2.59. The monoisotopic (exact) mass is 238 g/mol. The molecule has 1 N–H and O–H groups in total. The van der Waals surface area contributed by atoms with Gasteiger partial charge in [-0.05, 0) is 30.7 Å². The molecule has 0 saturated carbocycles. The van der Waals surface area contributed by atoms with Gasteiger partial charge in [0.25, 0.3) is 0 Å². The van der Waals surface area contributed by atoms with Gasteiger partial charge in [0.15, 0.2) is 5.41 Å². The molecule has 0 bridgehead atoms. The zero-order chi connectivity index (χ0) is 11.8. The lowest BCUT2D eigenvalue weighted by Crippen LogP contribution is -2.41. The van der Waals surface area contributed by atoms with Gasteiger partial charge in [0, 0.05) is 5.02 Å². The molecule has 0 aromatic heterocycles. The molecule has 0 radical (unpaired) electrons. The van der Waals surface area contributed by atoms with Gasteiger partial charge < -0.3 is 9.84 Å². The Bertz CT molecular complexity index is 438. The van der Waals surface area contributed by atoms with Crippen LogP contribution in [0.25, 0.3) is 0 Å². The number of carboxylic acids is 1. The van der Waals surface area contributed by atoms with Crippen molar-refractivity contribution in [2.75, 3.05) is 0 Å². The van der Waals surface area contributed by atoms with Crippen LogP contribution in [0.5, 0.6) is 0 Å². The minimum atomic E-state index is -1.11. The van der Waals surface area contributed by atoms with Crippen LogP contribution in [0.1, 0.15) is 12.5 Å². The van der Waals surface area contributed by atoms with Crippen LogP contribution in [-0.2, 0) is 14.9 Å². The Morgan fingerprint density at radius 3 is 2.50 bits per heavy atom. The van der Waals surface area contributed by atoms with Gasteiger partial charge in [-0.25, -0.2) is 0 Å². The van der Waals surface area contributed by atoms with Crippen LogP contribution in [0.4, 0.5) is 0 Å². The molecule has 2 atom stereocenters. The summed E-state index contributed by atoms with van der Waals surface area (Å²) in [5.74, 6) is -0.920. The molecule has 4 heteroatoms. The molecule has 1 aromatic carbocycles. The van der Waals surface area contributed by atoms with E-state index >= 15 is 0 Å². The van der Waals surface area contributed by atoms with E-state index < -0.39 is 17.5 Å². The second kappa shape index (κ2) is 3.83. The molecule has 1 aliphatic rings. The predicted molar refractivity (Wildman–Crippen MR) is 60.5 cm³/mol. The van der Waals surface area contributed by atoms with E-state index in [0.717, 1.165) is 0 Å². The highest BCUT2D eigenvalue weighted by Crippen LogP contribution is 2.36. The Balaban J connectivity index is 2.52. The third-order valence-corrected chi connectivity index (χ3v) is 3.18. The molecule has 1 heterocycles. The minimum absolute atomic E-state index is 0.425. The summed E-state index contributed by atoms with van der Waals surface area (Å²) in [7, 11) is 0. The number of halogens is 1. The van der Waals surface area contributed by atoms with E-state index in [-0.39, 0.29) is 0 Å². The molecule has 16 heavy (non-hydrogen) atoms. The Morgan fingerprint density at radius 1 is 1.44 bits per heavy atom. The number of benzene rings is 1. The van der Waals surface area contributed by atoms with E-state index in [2.05, 4.69) is 0 Å². The van der Waals surface area contributed by atoms with Gasteiger partial charge in [-0.3, -0.25) is 4.79 Å². The third-order valence-electron chi connectivity index (χ3n) is 2.93. The van der Waals surface area contributed by atoms with E-state index in [1.807, 2.05) is 0 Å². The van der Waals surface area contributed by atoms with Gasteiger partial charge in [-0.1, -0.05) is 23.7 Å². The van der Waals surface area contributed by atoms with Crippen LogP contribution in [-0.4, -0.2) is 17.2 Å². The van der Waals surface area contributed by atoms with E-state index in [4.69, 9.17) is 16.3 Å². The maximum atomic E-state index is 11.5. The molecule has 1 aromatic rings. The van der Waals surface area contributed by atoms with Gasteiger partial charge >= 0.3 is 5.97 Å². The van der Waals surface area contributed by atoms with Crippen molar-refractivity contribution in [3.8, 4) is 0 Å².